The lowest BCUT2D eigenvalue weighted by Crippen LogP contribution is -2.37. The van der Waals surface area contributed by atoms with E-state index in [4.69, 9.17) is 11.2 Å². The predicted molar refractivity (Wildman–Crippen MR) is 142 cm³/mol. The van der Waals surface area contributed by atoms with Gasteiger partial charge in [0.05, 0.1) is 24.2 Å². The summed E-state index contributed by atoms with van der Waals surface area (Å²) in [5, 5.41) is 6.73. The number of imidazole rings is 1. The number of anilines is 1. The standard InChI is InChI=1S/C25H26N6O2S.ClH/c1-4-9-29-10-7-27-23(29)12-17-14-31(25-28-8-11-34-25)21-13-18(5-6-19(21)24(17)32)30-15-20(26-2)22(16-30)33-3;/h1,5-8,10-11,13-14,20,22,26H,9,12,15-16H2,2-3H3;1H/t20-,22-;/m0./s1. The molecule has 182 valence electrons. The van der Waals surface area contributed by atoms with Crippen molar-refractivity contribution in [3.63, 3.8) is 0 Å². The number of hydrogen-bond acceptors (Lipinski definition) is 7. The number of terminal acetylenes is 1. The number of benzene rings is 1. The van der Waals surface area contributed by atoms with E-state index in [0.29, 0.717) is 23.9 Å². The maximum atomic E-state index is 13.5. The van der Waals surface area contributed by atoms with Crippen LogP contribution in [0.4, 0.5) is 5.69 Å². The minimum atomic E-state index is -0.00564. The minimum Gasteiger partial charge on any atom is -0.378 e. The molecule has 1 aliphatic rings. The molecule has 0 spiro atoms. The van der Waals surface area contributed by atoms with Crippen molar-refractivity contribution in [1.82, 2.24) is 24.4 Å². The number of aromatic nitrogens is 4. The lowest BCUT2D eigenvalue weighted by molar-refractivity contribution is 0.0996. The molecule has 2 atom stereocenters. The van der Waals surface area contributed by atoms with Crippen molar-refractivity contribution >= 4 is 40.3 Å². The molecule has 1 aliphatic heterocycles. The van der Waals surface area contributed by atoms with E-state index >= 15 is 0 Å². The summed E-state index contributed by atoms with van der Waals surface area (Å²) < 4.78 is 9.56. The van der Waals surface area contributed by atoms with Crippen molar-refractivity contribution < 1.29 is 4.74 Å². The molecule has 0 aliphatic carbocycles. The molecular formula is C25H27ClN6O2S. The second-order valence-electron chi connectivity index (χ2n) is 8.30. The normalized spacial score (nSPS) is 17.5. The molecule has 1 aromatic carbocycles. The number of nitrogens with one attached hydrogen (secondary N) is 1. The first-order valence-electron chi connectivity index (χ1n) is 11.1. The van der Waals surface area contributed by atoms with Gasteiger partial charge in [-0.25, -0.2) is 9.97 Å². The number of ether oxygens (including phenoxy) is 1. The Morgan fingerprint density at radius 1 is 1.29 bits per heavy atom. The number of rotatable bonds is 7. The molecule has 4 aromatic rings. The number of pyridine rings is 1. The molecule has 5 rings (SSSR count). The molecule has 3 aromatic heterocycles. The number of likely N-dealkylation sites (N-methyl/N-ethyl adjacent to an activating group) is 1. The Morgan fingerprint density at radius 2 is 2.14 bits per heavy atom. The fourth-order valence-corrected chi connectivity index (χ4v) is 5.23. The van der Waals surface area contributed by atoms with Gasteiger partial charge in [-0.3, -0.25) is 9.36 Å². The SMILES string of the molecule is C#CCn1ccnc1Cc1cn(-c2nccs2)c2cc(N3C[C@H](NC)[C@@H](OC)C3)ccc2c1=O.Cl. The van der Waals surface area contributed by atoms with E-state index in [0.717, 1.165) is 35.2 Å². The highest BCUT2D eigenvalue weighted by molar-refractivity contribution is 7.12. The summed E-state index contributed by atoms with van der Waals surface area (Å²) >= 11 is 1.53. The zero-order chi connectivity index (χ0) is 23.7. The number of thiazole rings is 1. The Kier molecular flexibility index (Phi) is 7.57. The molecule has 8 nitrogen and oxygen atoms in total. The van der Waals surface area contributed by atoms with Gasteiger partial charge < -0.3 is 19.5 Å². The Labute approximate surface area is 214 Å². The smallest absolute Gasteiger partial charge is 0.193 e. The molecule has 35 heavy (non-hydrogen) atoms. The average Bonchev–Trinajstić information content (AvgIpc) is 3.62. The van der Waals surface area contributed by atoms with Gasteiger partial charge >= 0.3 is 0 Å². The van der Waals surface area contributed by atoms with Gasteiger partial charge in [0.15, 0.2) is 10.6 Å². The van der Waals surface area contributed by atoms with Crippen LogP contribution in [0.15, 0.2) is 53.2 Å². The first kappa shape index (κ1) is 24.9. The first-order valence-corrected chi connectivity index (χ1v) is 12.0. The Morgan fingerprint density at radius 3 is 2.83 bits per heavy atom. The van der Waals surface area contributed by atoms with E-state index in [2.05, 4.69) is 32.2 Å². The minimum absolute atomic E-state index is 0. The quantitative estimate of drug-likeness (QED) is 0.385. The number of nitrogens with zero attached hydrogens (tertiary/aromatic N) is 5. The predicted octanol–water partition coefficient (Wildman–Crippen LogP) is 2.71. The van der Waals surface area contributed by atoms with E-state index in [9.17, 15) is 4.79 Å². The van der Waals surface area contributed by atoms with Gasteiger partial charge in [-0.2, -0.15) is 0 Å². The highest BCUT2D eigenvalue weighted by atomic mass is 35.5. The number of fused-ring (bicyclic) bond motifs is 1. The average molecular weight is 511 g/mol. The van der Waals surface area contributed by atoms with Gasteiger partial charge in [-0.05, 0) is 25.2 Å². The summed E-state index contributed by atoms with van der Waals surface area (Å²) in [4.78, 5) is 24.8. The largest absolute Gasteiger partial charge is 0.378 e. The fraction of sp³-hybridized carbons (Fsp3) is 0.320. The molecule has 4 heterocycles. The first-order chi connectivity index (χ1) is 16.6. The van der Waals surface area contributed by atoms with Gasteiger partial charge in [-0.1, -0.05) is 5.92 Å². The van der Waals surface area contributed by atoms with Crippen molar-refractivity contribution in [2.45, 2.75) is 25.1 Å². The second-order valence-corrected chi connectivity index (χ2v) is 9.17. The van der Waals surface area contributed by atoms with E-state index in [-0.39, 0.29) is 30.0 Å². The monoisotopic (exact) mass is 510 g/mol. The van der Waals surface area contributed by atoms with Crippen molar-refractivity contribution in [3.8, 4) is 17.5 Å². The maximum Gasteiger partial charge on any atom is 0.193 e. The van der Waals surface area contributed by atoms with Gasteiger partial charge in [0.25, 0.3) is 0 Å². The summed E-state index contributed by atoms with van der Waals surface area (Å²) in [6, 6.07) is 6.26. The zero-order valence-corrected chi connectivity index (χ0v) is 21.2. The molecule has 0 unspecified atom stereocenters. The van der Waals surface area contributed by atoms with Crippen LogP contribution in [0.5, 0.6) is 0 Å². The third-order valence-corrected chi connectivity index (χ3v) is 7.17. The summed E-state index contributed by atoms with van der Waals surface area (Å²) in [7, 11) is 3.70. The van der Waals surface area contributed by atoms with Crippen molar-refractivity contribution in [1.29, 1.82) is 0 Å². The summed E-state index contributed by atoms with van der Waals surface area (Å²) in [5.74, 6) is 3.40. The summed E-state index contributed by atoms with van der Waals surface area (Å²) in [6.45, 7) is 2.03. The van der Waals surface area contributed by atoms with Crippen LogP contribution in [-0.2, 0) is 17.7 Å². The molecule has 1 N–H and O–H groups in total. The van der Waals surface area contributed by atoms with Crippen LogP contribution in [0, 0.1) is 12.3 Å². The van der Waals surface area contributed by atoms with E-state index in [1.165, 1.54) is 11.3 Å². The second kappa shape index (κ2) is 10.6. The highest BCUT2D eigenvalue weighted by Crippen LogP contribution is 2.28. The molecule has 0 amide bonds. The zero-order valence-electron chi connectivity index (χ0n) is 19.5. The van der Waals surface area contributed by atoms with Gasteiger partial charge in [0, 0.05) is 73.4 Å². The van der Waals surface area contributed by atoms with Crippen molar-refractivity contribution in [2.75, 3.05) is 32.1 Å². The third-order valence-electron chi connectivity index (χ3n) is 6.40. The molecule has 0 radical (unpaired) electrons. The van der Waals surface area contributed by atoms with Crippen molar-refractivity contribution in [2.24, 2.45) is 0 Å². The number of halogens is 1. The molecular weight excluding hydrogens is 484 g/mol. The van der Waals surface area contributed by atoms with E-state index < -0.39 is 0 Å². The van der Waals surface area contributed by atoms with Crippen LogP contribution in [0.2, 0.25) is 0 Å². The highest BCUT2D eigenvalue weighted by Gasteiger charge is 2.32. The Hall–Kier alpha value is -3.16. The lowest BCUT2D eigenvalue weighted by Gasteiger charge is -2.20. The number of methoxy groups -OCH3 is 1. The number of hydrogen-bond donors (Lipinski definition) is 1. The van der Waals surface area contributed by atoms with Gasteiger partial charge in [-0.15, -0.1) is 30.2 Å². The lowest BCUT2D eigenvalue weighted by atomic mass is 10.1. The fourth-order valence-electron chi connectivity index (χ4n) is 4.60. The Balaban J connectivity index is 0.00000289. The Bertz CT molecular complexity index is 1400. The van der Waals surface area contributed by atoms with Crippen molar-refractivity contribution in [3.05, 3.63) is 70.0 Å². The van der Waals surface area contributed by atoms with Crippen LogP contribution in [0.3, 0.4) is 0 Å². The van der Waals surface area contributed by atoms with Crippen LogP contribution < -0.4 is 15.6 Å². The van der Waals surface area contributed by atoms with Crippen LogP contribution in [0.25, 0.3) is 16.0 Å². The van der Waals surface area contributed by atoms with Crippen LogP contribution in [-0.4, -0.2) is 58.5 Å². The van der Waals surface area contributed by atoms with E-state index in [1.807, 2.05) is 46.1 Å². The topological polar surface area (TPSA) is 77.2 Å². The molecule has 0 saturated carbocycles. The van der Waals surface area contributed by atoms with E-state index in [1.54, 1.807) is 19.5 Å². The maximum absolute atomic E-state index is 13.5. The van der Waals surface area contributed by atoms with Gasteiger partial charge in [0.2, 0.25) is 0 Å². The summed E-state index contributed by atoms with van der Waals surface area (Å²) in [5.41, 5.74) is 2.52. The van der Waals surface area contributed by atoms with Gasteiger partial charge in [0.1, 0.15) is 5.82 Å². The molecule has 1 fully saturated rings. The summed E-state index contributed by atoms with van der Waals surface area (Å²) in [6.07, 6.45) is 13.2. The van der Waals surface area contributed by atoms with Crippen LogP contribution >= 0.6 is 23.7 Å². The molecule has 0 bridgehead atoms. The van der Waals surface area contributed by atoms with Crippen LogP contribution in [0.1, 0.15) is 11.4 Å². The molecule has 1 saturated heterocycles. The molecule has 10 heteroatoms. The third kappa shape index (κ3) is 4.70.